The molecule has 0 saturated heterocycles. The molecule has 1 aromatic heterocycles. The first-order valence-corrected chi connectivity index (χ1v) is 6.39. The smallest absolute Gasteiger partial charge is 0.0485 e. The molecular formula is C15H19N. The molecule has 0 atom stereocenters. The molecule has 1 heteroatoms. The molecule has 0 saturated carbocycles. The monoisotopic (exact) mass is 213 g/mol. The zero-order valence-electron chi connectivity index (χ0n) is 10.2. The fourth-order valence-electron chi connectivity index (χ4n) is 3.11. The SMILES string of the molecule is CC(C)c1c2n(c3ccccc13)CCCC2. The van der Waals surface area contributed by atoms with Gasteiger partial charge in [-0.1, -0.05) is 32.0 Å². The third kappa shape index (κ3) is 1.31. The number of hydrogen-bond acceptors (Lipinski definition) is 0. The summed E-state index contributed by atoms with van der Waals surface area (Å²) in [4.78, 5) is 0. The summed E-state index contributed by atoms with van der Waals surface area (Å²) in [7, 11) is 0. The Bertz CT molecular complexity index is 519. The highest BCUT2D eigenvalue weighted by Crippen LogP contribution is 2.34. The van der Waals surface area contributed by atoms with Gasteiger partial charge in [0.25, 0.3) is 0 Å². The van der Waals surface area contributed by atoms with Gasteiger partial charge in [-0.15, -0.1) is 0 Å². The Balaban J connectivity index is 2.37. The van der Waals surface area contributed by atoms with Gasteiger partial charge in [0.15, 0.2) is 0 Å². The average Bonchev–Trinajstić information content (AvgIpc) is 2.63. The molecule has 0 bridgehead atoms. The number of rotatable bonds is 1. The first kappa shape index (κ1) is 9.95. The van der Waals surface area contributed by atoms with Gasteiger partial charge in [-0.3, -0.25) is 0 Å². The van der Waals surface area contributed by atoms with Gasteiger partial charge >= 0.3 is 0 Å². The quantitative estimate of drug-likeness (QED) is 0.672. The van der Waals surface area contributed by atoms with Crippen molar-refractivity contribution < 1.29 is 0 Å². The summed E-state index contributed by atoms with van der Waals surface area (Å²) in [6.45, 7) is 5.84. The van der Waals surface area contributed by atoms with Crippen molar-refractivity contribution in [3.05, 3.63) is 35.5 Å². The van der Waals surface area contributed by atoms with Crippen LogP contribution in [0, 0.1) is 0 Å². The number of nitrogens with zero attached hydrogens (tertiary/aromatic N) is 1. The molecule has 84 valence electrons. The van der Waals surface area contributed by atoms with Crippen LogP contribution in [0.15, 0.2) is 24.3 Å². The minimum Gasteiger partial charge on any atom is -0.344 e. The summed E-state index contributed by atoms with van der Waals surface area (Å²) in [6, 6.07) is 8.89. The van der Waals surface area contributed by atoms with E-state index < -0.39 is 0 Å². The highest BCUT2D eigenvalue weighted by molar-refractivity contribution is 5.86. The van der Waals surface area contributed by atoms with Crippen molar-refractivity contribution in [2.24, 2.45) is 0 Å². The van der Waals surface area contributed by atoms with Crippen LogP contribution in [0.4, 0.5) is 0 Å². The number of benzene rings is 1. The van der Waals surface area contributed by atoms with Crippen LogP contribution in [0.3, 0.4) is 0 Å². The second-order valence-corrected chi connectivity index (χ2v) is 5.14. The van der Waals surface area contributed by atoms with E-state index >= 15 is 0 Å². The fourth-order valence-corrected chi connectivity index (χ4v) is 3.11. The summed E-state index contributed by atoms with van der Waals surface area (Å²) in [5.41, 5.74) is 4.64. The Morgan fingerprint density at radius 3 is 2.75 bits per heavy atom. The van der Waals surface area contributed by atoms with Crippen LogP contribution in [0.5, 0.6) is 0 Å². The van der Waals surface area contributed by atoms with Crippen molar-refractivity contribution in [2.45, 2.75) is 45.6 Å². The summed E-state index contributed by atoms with van der Waals surface area (Å²) < 4.78 is 2.55. The molecule has 2 aromatic rings. The van der Waals surface area contributed by atoms with E-state index in [1.165, 1.54) is 36.7 Å². The molecule has 0 unspecified atom stereocenters. The molecule has 3 rings (SSSR count). The molecule has 0 fully saturated rings. The van der Waals surface area contributed by atoms with E-state index in [1.807, 2.05) is 0 Å². The van der Waals surface area contributed by atoms with Crippen molar-refractivity contribution in [2.75, 3.05) is 0 Å². The van der Waals surface area contributed by atoms with Crippen molar-refractivity contribution in [1.82, 2.24) is 4.57 Å². The first-order valence-electron chi connectivity index (χ1n) is 6.39. The van der Waals surface area contributed by atoms with Crippen LogP contribution in [0.25, 0.3) is 10.9 Å². The van der Waals surface area contributed by atoms with Crippen LogP contribution in [0.1, 0.15) is 43.9 Å². The Morgan fingerprint density at radius 1 is 1.12 bits per heavy atom. The lowest BCUT2D eigenvalue weighted by molar-refractivity contribution is 0.538. The van der Waals surface area contributed by atoms with Gasteiger partial charge < -0.3 is 4.57 Å². The molecule has 0 spiro atoms. The van der Waals surface area contributed by atoms with Crippen LogP contribution >= 0.6 is 0 Å². The molecule has 1 aliphatic rings. The number of aryl methyl sites for hydroxylation is 1. The van der Waals surface area contributed by atoms with Gasteiger partial charge in [0.05, 0.1) is 0 Å². The maximum absolute atomic E-state index is 2.55. The van der Waals surface area contributed by atoms with E-state index in [9.17, 15) is 0 Å². The third-order valence-corrected chi connectivity index (χ3v) is 3.74. The standard InChI is InChI=1S/C15H19N/c1-11(2)15-12-7-3-4-8-13(12)16-10-6-5-9-14(15)16/h3-4,7-8,11H,5-6,9-10H2,1-2H3. The van der Waals surface area contributed by atoms with E-state index in [4.69, 9.17) is 0 Å². The minimum absolute atomic E-state index is 0.638. The number of hydrogen-bond donors (Lipinski definition) is 0. The molecule has 2 heterocycles. The lowest BCUT2D eigenvalue weighted by atomic mass is 9.96. The van der Waals surface area contributed by atoms with E-state index in [0.29, 0.717) is 5.92 Å². The average molecular weight is 213 g/mol. The van der Waals surface area contributed by atoms with Gasteiger partial charge in [0.1, 0.15) is 0 Å². The number of aromatic nitrogens is 1. The van der Waals surface area contributed by atoms with Crippen molar-refractivity contribution >= 4 is 10.9 Å². The highest BCUT2D eigenvalue weighted by Gasteiger charge is 2.20. The first-order chi connectivity index (χ1) is 7.79. The van der Waals surface area contributed by atoms with Crippen LogP contribution in [-0.4, -0.2) is 4.57 Å². The maximum Gasteiger partial charge on any atom is 0.0485 e. The van der Waals surface area contributed by atoms with E-state index in [0.717, 1.165) is 0 Å². The molecule has 0 radical (unpaired) electrons. The Labute approximate surface area is 97.1 Å². The normalized spacial score (nSPS) is 15.7. The summed E-state index contributed by atoms with van der Waals surface area (Å²) in [5, 5.41) is 1.48. The van der Waals surface area contributed by atoms with Crippen LogP contribution in [-0.2, 0) is 13.0 Å². The Kier molecular flexibility index (Phi) is 2.27. The molecular weight excluding hydrogens is 194 g/mol. The van der Waals surface area contributed by atoms with Gasteiger partial charge in [0.2, 0.25) is 0 Å². The van der Waals surface area contributed by atoms with Gasteiger partial charge in [0, 0.05) is 23.1 Å². The van der Waals surface area contributed by atoms with Crippen molar-refractivity contribution in [3.63, 3.8) is 0 Å². The summed E-state index contributed by atoms with van der Waals surface area (Å²) in [6.07, 6.45) is 3.96. The Morgan fingerprint density at radius 2 is 1.94 bits per heavy atom. The molecule has 1 aromatic carbocycles. The minimum atomic E-state index is 0.638. The van der Waals surface area contributed by atoms with Crippen LogP contribution in [0.2, 0.25) is 0 Å². The summed E-state index contributed by atoms with van der Waals surface area (Å²) >= 11 is 0. The zero-order valence-corrected chi connectivity index (χ0v) is 10.2. The summed E-state index contributed by atoms with van der Waals surface area (Å²) in [5.74, 6) is 0.638. The molecule has 1 nitrogen and oxygen atoms in total. The van der Waals surface area contributed by atoms with Crippen molar-refractivity contribution in [1.29, 1.82) is 0 Å². The van der Waals surface area contributed by atoms with Gasteiger partial charge in [-0.2, -0.15) is 0 Å². The van der Waals surface area contributed by atoms with E-state index in [1.54, 1.807) is 11.3 Å². The predicted molar refractivity (Wildman–Crippen MR) is 69.0 cm³/mol. The topological polar surface area (TPSA) is 4.93 Å². The molecule has 16 heavy (non-hydrogen) atoms. The largest absolute Gasteiger partial charge is 0.344 e. The van der Waals surface area contributed by atoms with Crippen LogP contribution < -0.4 is 0 Å². The fraction of sp³-hybridized carbons (Fsp3) is 0.467. The lowest BCUT2D eigenvalue weighted by Gasteiger charge is -2.18. The predicted octanol–water partition coefficient (Wildman–Crippen LogP) is 4.10. The third-order valence-electron chi connectivity index (χ3n) is 3.74. The number of fused-ring (bicyclic) bond motifs is 3. The maximum atomic E-state index is 2.55. The van der Waals surface area contributed by atoms with Gasteiger partial charge in [-0.25, -0.2) is 0 Å². The second-order valence-electron chi connectivity index (χ2n) is 5.14. The Hall–Kier alpha value is -1.24. The lowest BCUT2D eigenvalue weighted by Crippen LogP contribution is -2.11. The van der Waals surface area contributed by atoms with Gasteiger partial charge in [-0.05, 0) is 36.8 Å². The second kappa shape index (κ2) is 3.65. The van der Waals surface area contributed by atoms with Crippen molar-refractivity contribution in [3.8, 4) is 0 Å². The molecule has 0 aliphatic carbocycles. The molecule has 0 N–H and O–H groups in total. The molecule has 0 amide bonds. The molecule has 1 aliphatic heterocycles. The van der Waals surface area contributed by atoms with E-state index in [-0.39, 0.29) is 0 Å². The van der Waals surface area contributed by atoms with E-state index in [2.05, 4.69) is 42.7 Å². The zero-order chi connectivity index (χ0) is 11.1. The highest BCUT2D eigenvalue weighted by atomic mass is 15.0. The number of para-hydroxylation sites is 1.